The Balaban J connectivity index is 1.60. The molecule has 1 heterocycles. The van der Waals surface area contributed by atoms with E-state index in [2.05, 4.69) is 20.8 Å². The van der Waals surface area contributed by atoms with Crippen LogP contribution in [0.2, 0.25) is 0 Å². The first-order chi connectivity index (χ1) is 15.5. The number of benzene rings is 1. The molecule has 0 radical (unpaired) electrons. The van der Waals surface area contributed by atoms with Gasteiger partial charge in [0.25, 0.3) is 0 Å². The number of nitrogens with zero attached hydrogens (tertiary/aromatic N) is 1. The molecule has 10 nitrogen and oxygen atoms in total. The van der Waals surface area contributed by atoms with E-state index in [0.717, 1.165) is 37.6 Å². The maximum Gasteiger partial charge on any atom is 0.404 e. The summed E-state index contributed by atoms with van der Waals surface area (Å²) in [4.78, 5) is 23.5. The lowest BCUT2D eigenvalue weighted by Gasteiger charge is -2.16. The van der Waals surface area contributed by atoms with Gasteiger partial charge in [-0.1, -0.05) is 0 Å². The third-order valence-electron chi connectivity index (χ3n) is 5.92. The predicted molar refractivity (Wildman–Crippen MR) is 122 cm³/mol. The number of amides is 2. The highest BCUT2D eigenvalue weighted by Crippen LogP contribution is 2.40. The maximum absolute atomic E-state index is 12.6. The van der Waals surface area contributed by atoms with E-state index in [1.54, 1.807) is 18.2 Å². The van der Waals surface area contributed by atoms with Crippen LogP contribution in [0.25, 0.3) is 0 Å². The molecule has 4 N–H and O–H groups in total. The number of carboxylic acid groups (broad SMARTS) is 1. The van der Waals surface area contributed by atoms with Crippen LogP contribution >= 0.6 is 0 Å². The largest absolute Gasteiger partial charge is 0.497 e. The molecule has 3 atom stereocenters. The standard InChI is InChI=1S/C22H30N4O6S/c1-13(23-22(28)29)8-14-4-5-15(9-14)18-12-20(26-25-18)24-21(27)11-16-10-17(32-2)6-7-19(16)33(3,30)31/h6-7,10,12-15,23H,4-5,8-9,11H2,1-3H3,(H,28,29)(H2,24,25,26,27). The van der Waals surface area contributed by atoms with Crippen LogP contribution in [0.4, 0.5) is 10.6 Å². The fourth-order valence-electron chi connectivity index (χ4n) is 4.49. The van der Waals surface area contributed by atoms with E-state index in [1.165, 1.54) is 13.2 Å². The Hall–Kier alpha value is -3.08. The number of hydrogen-bond acceptors (Lipinski definition) is 6. The van der Waals surface area contributed by atoms with E-state index < -0.39 is 15.9 Å². The van der Waals surface area contributed by atoms with Crippen molar-refractivity contribution in [2.45, 2.75) is 55.9 Å². The molecule has 0 aliphatic heterocycles. The van der Waals surface area contributed by atoms with Gasteiger partial charge in [-0.3, -0.25) is 9.89 Å². The number of ether oxygens (including phenoxy) is 1. The molecule has 2 aromatic rings. The minimum absolute atomic E-state index is 0.0878. The van der Waals surface area contributed by atoms with Gasteiger partial charge in [-0.2, -0.15) is 5.10 Å². The molecule has 1 fully saturated rings. The summed E-state index contributed by atoms with van der Waals surface area (Å²) >= 11 is 0. The minimum atomic E-state index is -3.50. The molecule has 1 aromatic carbocycles. The normalized spacial score (nSPS) is 19.1. The number of aromatic nitrogens is 2. The molecule has 33 heavy (non-hydrogen) atoms. The molecule has 1 aliphatic rings. The topological polar surface area (TPSA) is 150 Å². The van der Waals surface area contributed by atoms with Crippen molar-refractivity contribution in [2.24, 2.45) is 5.92 Å². The van der Waals surface area contributed by atoms with Crippen LogP contribution in [0.15, 0.2) is 29.2 Å². The number of sulfone groups is 1. The van der Waals surface area contributed by atoms with Gasteiger partial charge in [0.15, 0.2) is 15.7 Å². The lowest BCUT2D eigenvalue weighted by molar-refractivity contribution is -0.115. The number of carbonyl (C=O) groups is 2. The van der Waals surface area contributed by atoms with Crippen LogP contribution in [0.5, 0.6) is 5.75 Å². The van der Waals surface area contributed by atoms with Gasteiger partial charge in [0, 0.05) is 30.0 Å². The molecule has 2 amide bonds. The van der Waals surface area contributed by atoms with Crippen molar-refractivity contribution in [3.05, 3.63) is 35.5 Å². The number of anilines is 1. The van der Waals surface area contributed by atoms with Crippen molar-refractivity contribution in [3.8, 4) is 5.75 Å². The third-order valence-corrected chi connectivity index (χ3v) is 7.12. The summed E-state index contributed by atoms with van der Waals surface area (Å²) in [6.45, 7) is 1.86. The van der Waals surface area contributed by atoms with Crippen molar-refractivity contribution in [3.63, 3.8) is 0 Å². The van der Waals surface area contributed by atoms with Gasteiger partial charge in [-0.05, 0) is 62.3 Å². The molecule has 3 rings (SSSR count). The summed E-state index contributed by atoms with van der Waals surface area (Å²) in [6.07, 6.45) is 3.61. The molecular formula is C22H30N4O6S. The Labute approximate surface area is 193 Å². The van der Waals surface area contributed by atoms with Crippen LogP contribution in [0.1, 0.15) is 49.8 Å². The number of nitrogens with one attached hydrogen (secondary N) is 3. The zero-order valence-electron chi connectivity index (χ0n) is 18.9. The quantitative estimate of drug-likeness (QED) is 0.433. The second kappa shape index (κ2) is 10.2. The Kier molecular flexibility index (Phi) is 7.62. The number of methoxy groups -OCH3 is 1. The molecule has 1 saturated carbocycles. The fraction of sp³-hybridized carbons (Fsp3) is 0.500. The summed E-state index contributed by atoms with van der Waals surface area (Å²) in [6, 6.07) is 6.23. The average molecular weight is 479 g/mol. The van der Waals surface area contributed by atoms with Crippen molar-refractivity contribution in [2.75, 3.05) is 18.7 Å². The third kappa shape index (κ3) is 6.70. The highest BCUT2D eigenvalue weighted by molar-refractivity contribution is 7.90. The van der Waals surface area contributed by atoms with Crippen LogP contribution in [0, 0.1) is 5.92 Å². The molecule has 3 unspecified atom stereocenters. The van der Waals surface area contributed by atoms with E-state index in [0.29, 0.717) is 23.0 Å². The maximum atomic E-state index is 12.6. The summed E-state index contributed by atoms with van der Waals surface area (Å²) in [5.41, 5.74) is 1.28. The number of H-pyrrole nitrogens is 1. The SMILES string of the molecule is COc1ccc(S(C)(=O)=O)c(CC(=O)Nc2cc(C3CCC(CC(C)NC(=O)O)C3)[nH]n2)c1. The van der Waals surface area contributed by atoms with Crippen molar-refractivity contribution in [1.29, 1.82) is 0 Å². The van der Waals surface area contributed by atoms with E-state index >= 15 is 0 Å². The average Bonchev–Trinajstić information content (AvgIpc) is 3.35. The Morgan fingerprint density at radius 1 is 1.30 bits per heavy atom. The minimum Gasteiger partial charge on any atom is -0.497 e. The van der Waals surface area contributed by atoms with Crippen LogP contribution < -0.4 is 15.4 Å². The molecule has 0 saturated heterocycles. The molecule has 180 valence electrons. The number of aromatic amines is 1. The van der Waals surface area contributed by atoms with Crippen molar-refractivity contribution in [1.82, 2.24) is 15.5 Å². The molecule has 1 aliphatic carbocycles. The molecule has 0 bridgehead atoms. The lowest BCUT2D eigenvalue weighted by Crippen LogP contribution is -2.32. The van der Waals surface area contributed by atoms with E-state index in [9.17, 15) is 18.0 Å². The molecule has 0 spiro atoms. The Bertz CT molecular complexity index is 1110. The number of hydrogen-bond donors (Lipinski definition) is 4. The molecular weight excluding hydrogens is 448 g/mol. The van der Waals surface area contributed by atoms with Crippen LogP contribution in [0.3, 0.4) is 0 Å². The second-order valence-corrected chi connectivity index (χ2v) is 10.6. The van der Waals surface area contributed by atoms with Gasteiger partial charge in [0.2, 0.25) is 5.91 Å². The van der Waals surface area contributed by atoms with E-state index in [-0.39, 0.29) is 29.2 Å². The highest BCUT2D eigenvalue weighted by atomic mass is 32.2. The molecule has 11 heteroatoms. The van der Waals surface area contributed by atoms with Gasteiger partial charge >= 0.3 is 6.09 Å². The van der Waals surface area contributed by atoms with Crippen LogP contribution in [-0.2, 0) is 21.1 Å². The van der Waals surface area contributed by atoms with Gasteiger partial charge in [0.1, 0.15) is 5.75 Å². The Morgan fingerprint density at radius 3 is 2.73 bits per heavy atom. The summed E-state index contributed by atoms with van der Waals surface area (Å²) in [5, 5.41) is 21.2. The first kappa shape index (κ1) is 24.6. The van der Waals surface area contributed by atoms with E-state index in [1.807, 2.05) is 6.92 Å². The molecule has 1 aromatic heterocycles. The highest BCUT2D eigenvalue weighted by Gasteiger charge is 2.29. The van der Waals surface area contributed by atoms with Crippen molar-refractivity contribution >= 4 is 27.7 Å². The van der Waals surface area contributed by atoms with Crippen molar-refractivity contribution < 1.29 is 27.9 Å². The zero-order chi connectivity index (χ0) is 24.2. The van der Waals surface area contributed by atoms with Gasteiger partial charge in [-0.25, -0.2) is 13.2 Å². The summed E-state index contributed by atoms with van der Waals surface area (Å²) in [7, 11) is -2.03. The van der Waals surface area contributed by atoms with Gasteiger partial charge < -0.3 is 20.5 Å². The summed E-state index contributed by atoms with van der Waals surface area (Å²) in [5.74, 6) is 1.14. The lowest BCUT2D eigenvalue weighted by atomic mass is 9.96. The fourth-order valence-corrected chi connectivity index (χ4v) is 5.42. The zero-order valence-corrected chi connectivity index (χ0v) is 19.7. The predicted octanol–water partition coefficient (Wildman–Crippen LogP) is 2.93. The summed E-state index contributed by atoms with van der Waals surface area (Å²) < 4.78 is 29.3. The number of carbonyl (C=O) groups excluding carboxylic acids is 1. The monoisotopic (exact) mass is 478 g/mol. The van der Waals surface area contributed by atoms with E-state index in [4.69, 9.17) is 9.84 Å². The second-order valence-electron chi connectivity index (χ2n) is 8.64. The van der Waals surface area contributed by atoms with Gasteiger partial charge in [0.05, 0.1) is 18.4 Å². The number of rotatable bonds is 9. The smallest absolute Gasteiger partial charge is 0.404 e. The van der Waals surface area contributed by atoms with Crippen LogP contribution in [-0.4, -0.2) is 55.1 Å². The van der Waals surface area contributed by atoms with Gasteiger partial charge in [-0.15, -0.1) is 0 Å². The Morgan fingerprint density at radius 2 is 2.06 bits per heavy atom. The first-order valence-electron chi connectivity index (χ1n) is 10.8. The first-order valence-corrected chi connectivity index (χ1v) is 12.7.